The molecule has 0 aliphatic carbocycles. The number of rotatable bonds is 3. The van der Waals surface area contributed by atoms with Gasteiger partial charge >= 0.3 is 0 Å². The molecule has 6 heteroatoms. The van der Waals surface area contributed by atoms with Crippen molar-refractivity contribution in [1.29, 1.82) is 0 Å². The van der Waals surface area contributed by atoms with Crippen LogP contribution < -0.4 is 0 Å². The Labute approximate surface area is 92.4 Å². The third-order valence-electron chi connectivity index (χ3n) is 2.00. The topological polar surface area (TPSA) is 56.5 Å². The summed E-state index contributed by atoms with van der Waals surface area (Å²) in [4.78, 5) is 11.8. The molecule has 0 amide bonds. The van der Waals surface area contributed by atoms with Crippen molar-refractivity contribution in [3.05, 3.63) is 30.5 Å². The quantitative estimate of drug-likeness (QED) is 0.786. The summed E-state index contributed by atoms with van der Waals surface area (Å²) in [5.41, 5.74) is 0. The molecule has 0 spiro atoms. The molecule has 0 radical (unpaired) electrons. The Morgan fingerprint density at radius 2 is 2.25 bits per heavy atom. The zero-order valence-corrected chi connectivity index (χ0v) is 9.13. The van der Waals surface area contributed by atoms with Gasteiger partial charge in [0.2, 0.25) is 0 Å². The lowest BCUT2D eigenvalue weighted by atomic mass is 10.1. The minimum Gasteiger partial charge on any atom is -0.238 e. The van der Waals surface area contributed by atoms with Gasteiger partial charge < -0.3 is 0 Å². The summed E-state index contributed by atoms with van der Waals surface area (Å²) >= 11 is 0. The van der Waals surface area contributed by atoms with Gasteiger partial charge in [-0.25, -0.2) is 19.3 Å². The molecule has 0 aliphatic rings. The summed E-state index contributed by atoms with van der Waals surface area (Å²) in [7, 11) is 0. The largest absolute Gasteiger partial charge is 0.238 e. The Hall–Kier alpha value is -1.85. The van der Waals surface area contributed by atoms with Gasteiger partial charge in [-0.3, -0.25) is 0 Å². The molecule has 0 saturated carbocycles. The van der Waals surface area contributed by atoms with Crippen molar-refractivity contribution < 1.29 is 4.39 Å². The summed E-state index contributed by atoms with van der Waals surface area (Å²) in [6.45, 7) is 4.11. The average molecular weight is 221 g/mol. The normalized spacial score (nSPS) is 11.0. The zero-order chi connectivity index (χ0) is 11.5. The van der Waals surface area contributed by atoms with E-state index >= 15 is 0 Å². The van der Waals surface area contributed by atoms with Crippen LogP contribution in [0.3, 0.4) is 0 Å². The lowest BCUT2D eigenvalue weighted by Gasteiger charge is -2.06. The molecule has 0 N–H and O–H groups in total. The van der Waals surface area contributed by atoms with Gasteiger partial charge in [0.1, 0.15) is 18.5 Å². The lowest BCUT2D eigenvalue weighted by Crippen LogP contribution is -2.08. The summed E-state index contributed by atoms with van der Waals surface area (Å²) in [6, 6.07) is 0. The third kappa shape index (κ3) is 2.21. The number of hydrogen-bond acceptors (Lipinski definition) is 4. The standard InChI is InChI=1S/C10H12FN5/c1-7(2)3-9-13-4-8(11)10(15-9)16-6-12-5-14-16/h4-7H,3H2,1-2H3. The second-order valence-electron chi connectivity index (χ2n) is 3.90. The Bertz CT molecular complexity index is 466. The SMILES string of the molecule is CC(C)Cc1ncc(F)c(-n2cncn2)n1. The Kier molecular flexibility index (Phi) is 2.89. The van der Waals surface area contributed by atoms with Crippen molar-refractivity contribution in [2.75, 3.05) is 0 Å². The number of hydrogen-bond donors (Lipinski definition) is 0. The van der Waals surface area contributed by atoms with E-state index in [9.17, 15) is 4.39 Å². The smallest absolute Gasteiger partial charge is 0.194 e. The third-order valence-corrected chi connectivity index (χ3v) is 2.00. The summed E-state index contributed by atoms with van der Waals surface area (Å²) in [5, 5.41) is 3.84. The van der Waals surface area contributed by atoms with Crippen molar-refractivity contribution in [3.8, 4) is 5.82 Å². The molecular formula is C10H12FN5. The van der Waals surface area contributed by atoms with Crippen LogP contribution in [0.25, 0.3) is 5.82 Å². The molecule has 0 aliphatic heterocycles. The highest BCUT2D eigenvalue weighted by Gasteiger charge is 2.10. The van der Waals surface area contributed by atoms with Crippen LogP contribution >= 0.6 is 0 Å². The molecule has 2 aromatic heterocycles. The number of halogens is 1. The minimum atomic E-state index is -0.502. The summed E-state index contributed by atoms with van der Waals surface area (Å²) in [6.07, 6.45) is 4.62. The van der Waals surface area contributed by atoms with Crippen LogP contribution in [-0.2, 0) is 6.42 Å². The Morgan fingerprint density at radius 1 is 1.44 bits per heavy atom. The molecule has 0 saturated heterocycles. The molecular weight excluding hydrogens is 209 g/mol. The van der Waals surface area contributed by atoms with Gasteiger partial charge in [0.05, 0.1) is 6.20 Å². The zero-order valence-electron chi connectivity index (χ0n) is 9.13. The highest BCUT2D eigenvalue weighted by Crippen LogP contribution is 2.10. The minimum absolute atomic E-state index is 0.142. The second kappa shape index (κ2) is 4.34. The van der Waals surface area contributed by atoms with E-state index in [-0.39, 0.29) is 5.82 Å². The van der Waals surface area contributed by atoms with E-state index in [0.717, 1.165) is 0 Å². The van der Waals surface area contributed by atoms with Crippen LogP contribution in [0.15, 0.2) is 18.9 Å². The number of nitrogens with zero attached hydrogens (tertiary/aromatic N) is 5. The van der Waals surface area contributed by atoms with Crippen LogP contribution in [0.5, 0.6) is 0 Å². The van der Waals surface area contributed by atoms with E-state index in [4.69, 9.17) is 0 Å². The van der Waals surface area contributed by atoms with Gasteiger partial charge in [0.25, 0.3) is 0 Å². The highest BCUT2D eigenvalue weighted by molar-refractivity contribution is 5.20. The first-order valence-electron chi connectivity index (χ1n) is 5.03. The van der Waals surface area contributed by atoms with Crippen molar-refractivity contribution in [2.24, 2.45) is 5.92 Å². The van der Waals surface area contributed by atoms with Gasteiger partial charge in [0, 0.05) is 6.42 Å². The second-order valence-corrected chi connectivity index (χ2v) is 3.90. The van der Waals surface area contributed by atoms with Crippen molar-refractivity contribution in [2.45, 2.75) is 20.3 Å². The van der Waals surface area contributed by atoms with E-state index < -0.39 is 5.82 Å². The van der Waals surface area contributed by atoms with Crippen LogP contribution in [0.4, 0.5) is 4.39 Å². The van der Waals surface area contributed by atoms with E-state index in [1.54, 1.807) is 0 Å². The monoisotopic (exact) mass is 221 g/mol. The van der Waals surface area contributed by atoms with Gasteiger partial charge in [-0.2, -0.15) is 9.78 Å². The average Bonchev–Trinajstić information content (AvgIpc) is 2.73. The van der Waals surface area contributed by atoms with E-state index in [1.807, 2.05) is 0 Å². The molecule has 2 aromatic rings. The molecule has 0 atom stereocenters. The molecule has 84 valence electrons. The molecule has 2 rings (SSSR count). The molecule has 16 heavy (non-hydrogen) atoms. The lowest BCUT2D eigenvalue weighted by molar-refractivity contribution is 0.570. The van der Waals surface area contributed by atoms with E-state index in [1.165, 1.54) is 23.5 Å². The van der Waals surface area contributed by atoms with Crippen molar-refractivity contribution >= 4 is 0 Å². The first kappa shape index (κ1) is 10.7. The predicted molar refractivity (Wildman–Crippen MR) is 55.4 cm³/mol. The maximum absolute atomic E-state index is 13.5. The molecule has 2 heterocycles. The van der Waals surface area contributed by atoms with E-state index in [2.05, 4.69) is 33.9 Å². The van der Waals surface area contributed by atoms with Crippen LogP contribution in [0.2, 0.25) is 0 Å². The molecule has 0 bridgehead atoms. The van der Waals surface area contributed by atoms with Crippen molar-refractivity contribution in [1.82, 2.24) is 24.7 Å². The summed E-state index contributed by atoms with van der Waals surface area (Å²) < 4.78 is 14.7. The first-order chi connectivity index (χ1) is 7.66. The van der Waals surface area contributed by atoms with Crippen LogP contribution in [0, 0.1) is 11.7 Å². The maximum Gasteiger partial charge on any atom is 0.194 e. The fourth-order valence-corrected chi connectivity index (χ4v) is 1.34. The van der Waals surface area contributed by atoms with Crippen LogP contribution in [0.1, 0.15) is 19.7 Å². The fraction of sp³-hybridized carbons (Fsp3) is 0.400. The molecule has 0 aromatic carbocycles. The number of aromatic nitrogens is 5. The van der Waals surface area contributed by atoms with E-state index in [0.29, 0.717) is 18.2 Å². The highest BCUT2D eigenvalue weighted by atomic mass is 19.1. The van der Waals surface area contributed by atoms with Gasteiger partial charge in [-0.15, -0.1) is 0 Å². The van der Waals surface area contributed by atoms with Gasteiger partial charge in [0.15, 0.2) is 11.6 Å². The van der Waals surface area contributed by atoms with Gasteiger partial charge in [-0.1, -0.05) is 13.8 Å². The molecule has 0 fully saturated rings. The summed E-state index contributed by atoms with van der Waals surface area (Å²) in [5.74, 6) is 0.678. The Morgan fingerprint density at radius 3 is 2.88 bits per heavy atom. The van der Waals surface area contributed by atoms with Crippen LogP contribution in [-0.4, -0.2) is 24.7 Å². The van der Waals surface area contributed by atoms with Gasteiger partial charge in [-0.05, 0) is 5.92 Å². The molecule has 0 unspecified atom stereocenters. The molecule has 5 nitrogen and oxygen atoms in total. The first-order valence-corrected chi connectivity index (χ1v) is 5.03. The maximum atomic E-state index is 13.5. The predicted octanol–water partition coefficient (Wildman–Crippen LogP) is 1.39. The van der Waals surface area contributed by atoms with Crippen molar-refractivity contribution in [3.63, 3.8) is 0 Å². The Balaban J connectivity index is 2.37. The fourth-order valence-electron chi connectivity index (χ4n) is 1.34.